The summed E-state index contributed by atoms with van der Waals surface area (Å²) >= 11 is 2.28. The number of nitrogens with zero attached hydrogens (tertiary/aromatic N) is 3. The molecule has 4 nitrogen and oxygen atoms in total. The van der Waals surface area contributed by atoms with E-state index in [1.165, 1.54) is 9.99 Å². The molecule has 1 aliphatic heterocycles. The lowest BCUT2D eigenvalue weighted by molar-refractivity contribution is 0.269. The summed E-state index contributed by atoms with van der Waals surface area (Å²) in [7, 11) is 2.10. The van der Waals surface area contributed by atoms with E-state index in [-0.39, 0.29) is 6.04 Å². The predicted molar refractivity (Wildman–Crippen MR) is 77.1 cm³/mol. The van der Waals surface area contributed by atoms with E-state index in [1.807, 2.05) is 24.3 Å². The molecule has 18 heavy (non-hydrogen) atoms. The van der Waals surface area contributed by atoms with Crippen molar-refractivity contribution in [2.75, 3.05) is 13.6 Å². The van der Waals surface area contributed by atoms with Gasteiger partial charge in [0.15, 0.2) is 0 Å². The first-order valence-corrected chi connectivity index (χ1v) is 7.11. The van der Waals surface area contributed by atoms with Gasteiger partial charge in [0.1, 0.15) is 0 Å². The highest BCUT2D eigenvalue weighted by molar-refractivity contribution is 14.1. The van der Waals surface area contributed by atoms with Crippen LogP contribution in [0.1, 0.15) is 24.8 Å². The Kier molecular flexibility index (Phi) is 3.34. The molecule has 3 rings (SSSR count). The van der Waals surface area contributed by atoms with Gasteiger partial charge in [-0.05, 0) is 73.3 Å². The highest BCUT2D eigenvalue weighted by Gasteiger charge is 2.27. The Morgan fingerprint density at radius 3 is 2.72 bits per heavy atom. The number of rotatable bonds is 2. The van der Waals surface area contributed by atoms with Gasteiger partial charge in [0, 0.05) is 9.13 Å². The maximum atomic E-state index is 5.80. The molecule has 0 spiro atoms. The smallest absolute Gasteiger partial charge is 0.247 e. The second-order valence-corrected chi connectivity index (χ2v) is 5.84. The third-order valence-corrected chi connectivity index (χ3v) is 4.06. The van der Waals surface area contributed by atoms with E-state index in [0.717, 1.165) is 24.4 Å². The fraction of sp³-hybridized carbons (Fsp3) is 0.385. The van der Waals surface area contributed by atoms with Crippen LogP contribution in [0, 0.1) is 3.57 Å². The van der Waals surface area contributed by atoms with Crippen molar-refractivity contribution < 1.29 is 4.42 Å². The van der Waals surface area contributed by atoms with Crippen LogP contribution in [0.3, 0.4) is 0 Å². The quantitative estimate of drug-likeness (QED) is 0.777. The number of halogens is 1. The van der Waals surface area contributed by atoms with Crippen molar-refractivity contribution in [3.05, 3.63) is 33.7 Å². The minimum absolute atomic E-state index is 0.287. The van der Waals surface area contributed by atoms with E-state index in [9.17, 15) is 0 Å². The Morgan fingerprint density at radius 2 is 2.06 bits per heavy atom. The Hall–Kier alpha value is -0.950. The maximum absolute atomic E-state index is 5.80. The highest BCUT2D eigenvalue weighted by Crippen LogP contribution is 2.31. The third-order valence-electron chi connectivity index (χ3n) is 3.34. The minimum Gasteiger partial charge on any atom is -0.419 e. The van der Waals surface area contributed by atoms with Gasteiger partial charge in [0.25, 0.3) is 0 Å². The normalized spacial score (nSPS) is 20.4. The fourth-order valence-electron chi connectivity index (χ4n) is 2.30. The van der Waals surface area contributed by atoms with Crippen LogP contribution in [0.2, 0.25) is 0 Å². The molecule has 1 atom stereocenters. The largest absolute Gasteiger partial charge is 0.419 e. The molecule has 0 unspecified atom stereocenters. The molecule has 0 radical (unpaired) electrons. The molecule has 1 saturated heterocycles. The molecule has 2 aromatic rings. The molecule has 0 saturated carbocycles. The number of aromatic nitrogens is 2. The molecule has 1 aliphatic rings. The van der Waals surface area contributed by atoms with Crippen molar-refractivity contribution in [3.63, 3.8) is 0 Å². The zero-order valence-electron chi connectivity index (χ0n) is 10.1. The first kappa shape index (κ1) is 12.1. The topological polar surface area (TPSA) is 42.2 Å². The van der Waals surface area contributed by atoms with Gasteiger partial charge in [-0.15, -0.1) is 10.2 Å². The van der Waals surface area contributed by atoms with Gasteiger partial charge < -0.3 is 4.42 Å². The van der Waals surface area contributed by atoms with E-state index in [0.29, 0.717) is 5.89 Å². The van der Waals surface area contributed by atoms with Crippen molar-refractivity contribution in [1.82, 2.24) is 15.1 Å². The van der Waals surface area contributed by atoms with Gasteiger partial charge in [0.2, 0.25) is 11.8 Å². The number of likely N-dealkylation sites (tertiary alicyclic amines) is 1. The van der Waals surface area contributed by atoms with Crippen LogP contribution >= 0.6 is 22.6 Å². The Balaban J connectivity index is 1.87. The molecule has 0 N–H and O–H groups in total. The Labute approximate surface area is 120 Å². The van der Waals surface area contributed by atoms with Crippen molar-refractivity contribution in [2.45, 2.75) is 18.9 Å². The van der Waals surface area contributed by atoms with Crippen LogP contribution in [0.4, 0.5) is 0 Å². The summed E-state index contributed by atoms with van der Waals surface area (Å²) in [5.74, 6) is 1.35. The summed E-state index contributed by atoms with van der Waals surface area (Å²) < 4.78 is 7.00. The van der Waals surface area contributed by atoms with Crippen LogP contribution in [-0.2, 0) is 0 Å². The first-order chi connectivity index (χ1) is 8.74. The average molecular weight is 355 g/mol. The van der Waals surface area contributed by atoms with Gasteiger partial charge in [-0.1, -0.05) is 0 Å². The molecule has 1 aromatic carbocycles. The lowest BCUT2D eigenvalue weighted by Crippen LogP contribution is -2.17. The molecule has 5 heteroatoms. The van der Waals surface area contributed by atoms with Crippen LogP contribution < -0.4 is 0 Å². The Morgan fingerprint density at radius 1 is 1.28 bits per heavy atom. The van der Waals surface area contributed by atoms with E-state index >= 15 is 0 Å². The highest BCUT2D eigenvalue weighted by atomic mass is 127. The zero-order chi connectivity index (χ0) is 12.5. The number of hydrogen-bond donors (Lipinski definition) is 0. The van der Waals surface area contributed by atoms with Gasteiger partial charge in [-0.2, -0.15) is 0 Å². The van der Waals surface area contributed by atoms with Gasteiger partial charge in [0.05, 0.1) is 6.04 Å². The molecule has 0 bridgehead atoms. The number of hydrogen-bond acceptors (Lipinski definition) is 4. The molecule has 1 aromatic heterocycles. The van der Waals surface area contributed by atoms with Gasteiger partial charge >= 0.3 is 0 Å². The van der Waals surface area contributed by atoms with E-state index in [1.54, 1.807) is 0 Å². The maximum Gasteiger partial charge on any atom is 0.247 e. The molecule has 2 heterocycles. The average Bonchev–Trinajstić information content (AvgIpc) is 2.98. The van der Waals surface area contributed by atoms with Crippen molar-refractivity contribution in [1.29, 1.82) is 0 Å². The third kappa shape index (κ3) is 2.29. The Bertz CT molecular complexity index is 537. The molecule has 1 fully saturated rings. The summed E-state index contributed by atoms with van der Waals surface area (Å²) in [5.41, 5.74) is 0.981. The van der Waals surface area contributed by atoms with Crippen molar-refractivity contribution in [2.24, 2.45) is 0 Å². The van der Waals surface area contributed by atoms with Crippen molar-refractivity contribution >= 4 is 22.6 Å². The van der Waals surface area contributed by atoms with E-state index in [4.69, 9.17) is 4.42 Å². The molecule has 0 aliphatic carbocycles. The molecular formula is C13H14IN3O. The van der Waals surface area contributed by atoms with E-state index in [2.05, 4.69) is 44.7 Å². The van der Waals surface area contributed by atoms with Crippen molar-refractivity contribution in [3.8, 4) is 11.5 Å². The molecule has 94 valence electrons. The fourth-order valence-corrected chi connectivity index (χ4v) is 2.66. The van der Waals surface area contributed by atoms with Crippen LogP contribution in [0.5, 0.6) is 0 Å². The summed E-state index contributed by atoms with van der Waals surface area (Å²) in [6.45, 7) is 1.10. The zero-order valence-corrected chi connectivity index (χ0v) is 12.3. The summed E-state index contributed by atoms with van der Waals surface area (Å²) in [4.78, 5) is 2.27. The van der Waals surface area contributed by atoms with Crippen LogP contribution in [0.25, 0.3) is 11.5 Å². The predicted octanol–water partition coefficient (Wildman–Crippen LogP) is 3.11. The minimum atomic E-state index is 0.287. The monoisotopic (exact) mass is 355 g/mol. The molecular weight excluding hydrogens is 341 g/mol. The molecule has 0 amide bonds. The van der Waals surface area contributed by atoms with Gasteiger partial charge in [-0.3, -0.25) is 4.90 Å². The standard InChI is InChI=1S/C13H14IN3O/c1-17-8-2-3-11(17)13-16-15-12(18-13)9-4-6-10(14)7-5-9/h4-7,11H,2-3,8H2,1H3/t11-/m0/s1. The van der Waals surface area contributed by atoms with Crippen LogP contribution in [-0.4, -0.2) is 28.7 Å². The lowest BCUT2D eigenvalue weighted by atomic mass is 10.2. The summed E-state index contributed by atoms with van der Waals surface area (Å²) in [5, 5.41) is 8.34. The lowest BCUT2D eigenvalue weighted by Gasteiger charge is -2.14. The summed E-state index contributed by atoms with van der Waals surface area (Å²) in [6, 6.07) is 8.40. The second kappa shape index (κ2) is 4.97. The number of benzene rings is 1. The van der Waals surface area contributed by atoms with Crippen LogP contribution in [0.15, 0.2) is 28.7 Å². The first-order valence-electron chi connectivity index (χ1n) is 6.03. The SMILES string of the molecule is CN1CCC[C@H]1c1nnc(-c2ccc(I)cc2)o1. The van der Waals surface area contributed by atoms with Gasteiger partial charge in [-0.25, -0.2) is 0 Å². The second-order valence-electron chi connectivity index (χ2n) is 4.59. The van der Waals surface area contributed by atoms with E-state index < -0.39 is 0 Å². The summed E-state index contributed by atoms with van der Waals surface area (Å²) in [6.07, 6.45) is 2.30.